The Balaban J connectivity index is 2.68. The SMILES string of the molecule is CC(C)(O)C1(C(N)=O)CCOc2ccccc21. The van der Waals surface area contributed by atoms with Gasteiger partial charge in [0.1, 0.15) is 11.2 Å². The minimum absolute atomic E-state index is 0.379. The molecule has 0 fully saturated rings. The van der Waals surface area contributed by atoms with E-state index in [-0.39, 0.29) is 0 Å². The van der Waals surface area contributed by atoms with E-state index in [4.69, 9.17) is 10.5 Å². The lowest BCUT2D eigenvalue weighted by Gasteiger charge is -2.44. The quantitative estimate of drug-likeness (QED) is 0.802. The van der Waals surface area contributed by atoms with Gasteiger partial charge in [-0.3, -0.25) is 4.79 Å². The van der Waals surface area contributed by atoms with Crippen molar-refractivity contribution in [1.82, 2.24) is 0 Å². The lowest BCUT2D eigenvalue weighted by atomic mass is 9.65. The van der Waals surface area contributed by atoms with E-state index >= 15 is 0 Å². The van der Waals surface area contributed by atoms with Crippen molar-refractivity contribution in [2.24, 2.45) is 5.73 Å². The van der Waals surface area contributed by atoms with Crippen LogP contribution >= 0.6 is 0 Å². The molecule has 1 heterocycles. The van der Waals surface area contributed by atoms with Crippen molar-refractivity contribution in [3.8, 4) is 5.75 Å². The molecule has 1 aliphatic heterocycles. The first-order valence-corrected chi connectivity index (χ1v) is 5.64. The molecule has 4 heteroatoms. The van der Waals surface area contributed by atoms with Gasteiger partial charge in [-0.1, -0.05) is 18.2 Å². The van der Waals surface area contributed by atoms with Crippen LogP contribution in [0.25, 0.3) is 0 Å². The molecule has 0 aliphatic carbocycles. The smallest absolute Gasteiger partial charge is 0.231 e. The molecule has 1 aromatic rings. The summed E-state index contributed by atoms with van der Waals surface area (Å²) in [6.45, 7) is 3.60. The summed E-state index contributed by atoms with van der Waals surface area (Å²) in [5, 5.41) is 10.4. The van der Waals surface area contributed by atoms with E-state index in [1.54, 1.807) is 26.0 Å². The molecule has 92 valence electrons. The first-order valence-electron chi connectivity index (χ1n) is 5.64. The molecule has 1 aromatic carbocycles. The van der Waals surface area contributed by atoms with Gasteiger partial charge < -0.3 is 15.6 Å². The number of carbonyl (C=O) groups excluding carboxylic acids is 1. The average molecular weight is 235 g/mol. The molecule has 2 rings (SSSR count). The van der Waals surface area contributed by atoms with Crippen LogP contribution < -0.4 is 10.5 Å². The van der Waals surface area contributed by atoms with Gasteiger partial charge >= 0.3 is 0 Å². The van der Waals surface area contributed by atoms with Gasteiger partial charge in [-0.15, -0.1) is 0 Å². The van der Waals surface area contributed by atoms with Crippen LogP contribution in [0.5, 0.6) is 5.75 Å². The van der Waals surface area contributed by atoms with E-state index in [0.717, 1.165) is 0 Å². The van der Waals surface area contributed by atoms with Crippen LogP contribution in [0.1, 0.15) is 25.8 Å². The van der Waals surface area contributed by atoms with Crippen molar-refractivity contribution in [3.63, 3.8) is 0 Å². The number of para-hydroxylation sites is 1. The third kappa shape index (κ3) is 1.60. The van der Waals surface area contributed by atoms with Crippen LogP contribution in [-0.4, -0.2) is 23.2 Å². The second-order valence-corrected chi connectivity index (χ2v) is 4.92. The molecule has 0 radical (unpaired) electrons. The molecule has 1 atom stereocenters. The number of primary amides is 1. The topological polar surface area (TPSA) is 72.5 Å². The summed E-state index contributed by atoms with van der Waals surface area (Å²) in [5.74, 6) is 0.112. The van der Waals surface area contributed by atoms with Crippen LogP contribution in [0.3, 0.4) is 0 Å². The highest BCUT2D eigenvalue weighted by Crippen LogP contribution is 2.45. The number of nitrogens with two attached hydrogens (primary N) is 1. The largest absolute Gasteiger partial charge is 0.493 e. The van der Waals surface area contributed by atoms with Crippen LogP contribution in [0.15, 0.2) is 24.3 Å². The Labute approximate surface area is 100 Å². The van der Waals surface area contributed by atoms with Crippen molar-refractivity contribution in [2.45, 2.75) is 31.3 Å². The maximum atomic E-state index is 11.9. The van der Waals surface area contributed by atoms with E-state index in [1.807, 2.05) is 12.1 Å². The minimum Gasteiger partial charge on any atom is -0.493 e. The molecule has 1 aliphatic rings. The summed E-state index contributed by atoms with van der Waals surface area (Å²) in [6, 6.07) is 7.23. The number of hydrogen-bond donors (Lipinski definition) is 2. The fourth-order valence-corrected chi connectivity index (χ4v) is 2.59. The second kappa shape index (κ2) is 3.74. The van der Waals surface area contributed by atoms with Crippen molar-refractivity contribution in [1.29, 1.82) is 0 Å². The Morgan fingerprint density at radius 2 is 2.12 bits per heavy atom. The fourth-order valence-electron chi connectivity index (χ4n) is 2.59. The number of aliphatic hydroxyl groups is 1. The molecule has 0 spiro atoms. The first-order chi connectivity index (χ1) is 7.89. The molecule has 0 saturated carbocycles. The van der Waals surface area contributed by atoms with Gasteiger partial charge in [-0.25, -0.2) is 0 Å². The standard InChI is InChI=1S/C13H17NO3/c1-12(2,16)13(11(14)15)7-8-17-10-6-4-3-5-9(10)13/h3-6,16H,7-8H2,1-2H3,(H2,14,15). The molecule has 0 saturated heterocycles. The Morgan fingerprint density at radius 1 is 1.47 bits per heavy atom. The fraction of sp³-hybridized carbons (Fsp3) is 0.462. The zero-order valence-corrected chi connectivity index (χ0v) is 10.1. The summed E-state index contributed by atoms with van der Waals surface area (Å²) in [5.41, 5.74) is 3.92. The zero-order chi connectivity index (χ0) is 12.7. The summed E-state index contributed by atoms with van der Waals surface area (Å²) < 4.78 is 5.51. The van der Waals surface area contributed by atoms with E-state index < -0.39 is 16.9 Å². The maximum absolute atomic E-state index is 11.9. The summed E-state index contributed by atoms with van der Waals surface area (Å²) in [6.07, 6.45) is 0.392. The summed E-state index contributed by atoms with van der Waals surface area (Å²) in [7, 11) is 0. The number of hydrogen-bond acceptors (Lipinski definition) is 3. The summed E-state index contributed by atoms with van der Waals surface area (Å²) in [4.78, 5) is 11.9. The van der Waals surface area contributed by atoms with Crippen molar-refractivity contribution < 1.29 is 14.6 Å². The number of ether oxygens (including phenoxy) is 1. The maximum Gasteiger partial charge on any atom is 0.231 e. The Hall–Kier alpha value is -1.55. The first kappa shape index (κ1) is 11.9. The number of fused-ring (bicyclic) bond motifs is 1. The normalized spacial score (nSPS) is 23.7. The van der Waals surface area contributed by atoms with Crippen molar-refractivity contribution >= 4 is 5.91 Å². The number of rotatable bonds is 2. The average Bonchev–Trinajstić information content (AvgIpc) is 2.26. The van der Waals surface area contributed by atoms with E-state index in [0.29, 0.717) is 24.3 Å². The number of amides is 1. The highest BCUT2D eigenvalue weighted by atomic mass is 16.5. The molecule has 0 bridgehead atoms. The van der Waals surface area contributed by atoms with Crippen LogP contribution in [0.2, 0.25) is 0 Å². The van der Waals surface area contributed by atoms with E-state index in [2.05, 4.69) is 0 Å². The molecule has 0 aromatic heterocycles. The van der Waals surface area contributed by atoms with Gasteiger partial charge in [0, 0.05) is 12.0 Å². The molecule has 1 unspecified atom stereocenters. The van der Waals surface area contributed by atoms with Gasteiger partial charge in [0.15, 0.2) is 0 Å². The number of benzene rings is 1. The van der Waals surface area contributed by atoms with Gasteiger partial charge in [-0.05, 0) is 19.9 Å². The lowest BCUT2D eigenvalue weighted by molar-refractivity contribution is -0.135. The third-order valence-electron chi connectivity index (χ3n) is 3.55. The van der Waals surface area contributed by atoms with Gasteiger partial charge in [-0.2, -0.15) is 0 Å². The molecular formula is C13H17NO3. The molecule has 3 N–H and O–H groups in total. The minimum atomic E-state index is -1.22. The predicted molar refractivity (Wildman–Crippen MR) is 63.7 cm³/mol. The number of carbonyl (C=O) groups is 1. The molecule has 17 heavy (non-hydrogen) atoms. The molecule has 1 amide bonds. The van der Waals surface area contributed by atoms with E-state index in [9.17, 15) is 9.90 Å². The van der Waals surface area contributed by atoms with Crippen LogP contribution in [0.4, 0.5) is 0 Å². The van der Waals surface area contributed by atoms with Crippen molar-refractivity contribution in [2.75, 3.05) is 6.61 Å². The Bertz CT molecular complexity index is 450. The predicted octanol–water partition coefficient (Wildman–Crippen LogP) is 0.963. The van der Waals surface area contributed by atoms with Crippen LogP contribution in [0, 0.1) is 0 Å². The second-order valence-electron chi connectivity index (χ2n) is 4.92. The lowest BCUT2D eigenvalue weighted by Crippen LogP contribution is -2.58. The van der Waals surface area contributed by atoms with Gasteiger partial charge in [0.25, 0.3) is 0 Å². The summed E-state index contributed by atoms with van der Waals surface area (Å²) >= 11 is 0. The highest BCUT2D eigenvalue weighted by Gasteiger charge is 2.53. The van der Waals surface area contributed by atoms with Crippen LogP contribution in [-0.2, 0) is 10.2 Å². The van der Waals surface area contributed by atoms with Crippen molar-refractivity contribution in [3.05, 3.63) is 29.8 Å². The van der Waals surface area contributed by atoms with E-state index in [1.165, 1.54) is 0 Å². The molecule has 4 nitrogen and oxygen atoms in total. The highest BCUT2D eigenvalue weighted by molar-refractivity contribution is 5.89. The third-order valence-corrected chi connectivity index (χ3v) is 3.55. The zero-order valence-electron chi connectivity index (χ0n) is 10.1. The Morgan fingerprint density at radius 3 is 2.71 bits per heavy atom. The van der Waals surface area contributed by atoms with Gasteiger partial charge in [0.05, 0.1) is 12.2 Å². The van der Waals surface area contributed by atoms with Gasteiger partial charge in [0.2, 0.25) is 5.91 Å². The molecular weight excluding hydrogens is 218 g/mol. The Kier molecular flexibility index (Phi) is 2.62. The monoisotopic (exact) mass is 235 g/mol.